The largest absolute Gasteiger partial charge is 0.323 e. The molecule has 0 radical (unpaired) electrons. The lowest BCUT2D eigenvalue weighted by atomic mass is 10.1. The molecule has 0 aliphatic carbocycles. The number of benzene rings is 3. The Morgan fingerprint density at radius 3 is 2.46 bits per heavy atom. The van der Waals surface area contributed by atoms with Crippen LogP contribution in [-0.2, 0) is 0 Å². The molecule has 0 aliphatic rings. The summed E-state index contributed by atoms with van der Waals surface area (Å²) in [6.07, 6.45) is 0. The zero-order valence-electron chi connectivity index (χ0n) is 12.3. The summed E-state index contributed by atoms with van der Waals surface area (Å²) in [6.45, 7) is 0. The normalized spacial score (nSPS) is 10.4. The van der Waals surface area contributed by atoms with Crippen molar-refractivity contribution >= 4 is 33.9 Å². The molecule has 0 saturated heterocycles. The maximum absolute atomic E-state index is 13.1. The second kappa shape index (κ2) is 6.33. The zero-order valence-corrected chi connectivity index (χ0v) is 12.3. The van der Waals surface area contributed by atoms with Crippen LogP contribution in [0.3, 0.4) is 0 Å². The van der Waals surface area contributed by atoms with Gasteiger partial charge in [0.1, 0.15) is 11.5 Å². The van der Waals surface area contributed by atoms with E-state index in [-0.39, 0.29) is 5.69 Å². The number of carbonyl (C=O) groups is 1. The number of nitro benzene ring substituents is 1. The first-order valence-electron chi connectivity index (χ1n) is 7.04. The minimum absolute atomic E-state index is 0.0841. The van der Waals surface area contributed by atoms with Crippen molar-refractivity contribution in [3.05, 3.63) is 76.6 Å². The lowest BCUT2D eigenvalue weighted by Gasteiger charge is -2.10. The fourth-order valence-corrected chi connectivity index (χ4v) is 2.37. The SMILES string of the molecule is O=C(Nc1ccc(F)cc1[N+](=O)[O-])Nc1cccc2ccccc12. The van der Waals surface area contributed by atoms with Crippen LogP contribution in [0.4, 0.5) is 26.2 Å². The lowest BCUT2D eigenvalue weighted by Crippen LogP contribution is -2.20. The minimum atomic E-state index is -0.753. The average Bonchev–Trinajstić information content (AvgIpc) is 2.56. The molecule has 7 heteroatoms. The summed E-state index contributed by atoms with van der Waals surface area (Å²) >= 11 is 0. The number of nitrogens with zero attached hydrogens (tertiary/aromatic N) is 1. The van der Waals surface area contributed by atoms with E-state index in [1.165, 1.54) is 0 Å². The average molecular weight is 325 g/mol. The molecular formula is C17H12FN3O3. The summed E-state index contributed by atoms with van der Waals surface area (Å²) < 4.78 is 13.1. The summed E-state index contributed by atoms with van der Waals surface area (Å²) in [5.74, 6) is -0.748. The van der Waals surface area contributed by atoms with Crippen molar-refractivity contribution in [1.82, 2.24) is 0 Å². The van der Waals surface area contributed by atoms with E-state index in [0.717, 1.165) is 29.0 Å². The summed E-state index contributed by atoms with van der Waals surface area (Å²) in [7, 11) is 0. The Kier molecular flexibility index (Phi) is 4.07. The van der Waals surface area contributed by atoms with Crippen LogP contribution in [0, 0.1) is 15.9 Å². The molecule has 0 aliphatic heterocycles. The molecule has 0 unspecified atom stereocenters. The molecule has 24 heavy (non-hydrogen) atoms. The lowest BCUT2D eigenvalue weighted by molar-refractivity contribution is -0.384. The summed E-state index contributed by atoms with van der Waals surface area (Å²) in [5.41, 5.74) is -0.0300. The van der Waals surface area contributed by atoms with Gasteiger partial charge in [-0.2, -0.15) is 0 Å². The van der Waals surface area contributed by atoms with Crippen LogP contribution < -0.4 is 10.6 Å². The molecule has 3 rings (SSSR count). The number of nitrogens with one attached hydrogen (secondary N) is 2. The summed E-state index contributed by atoms with van der Waals surface area (Å²) in [5, 5.41) is 17.8. The van der Waals surface area contributed by atoms with Gasteiger partial charge in [-0.3, -0.25) is 10.1 Å². The number of fused-ring (bicyclic) bond motifs is 1. The second-order valence-electron chi connectivity index (χ2n) is 5.02. The van der Waals surface area contributed by atoms with Crippen molar-refractivity contribution in [1.29, 1.82) is 0 Å². The molecule has 0 bridgehead atoms. The fourth-order valence-electron chi connectivity index (χ4n) is 2.37. The summed E-state index contributed by atoms with van der Waals surface area (Å²) in [6, 6.07) is 15.2. The molecule has 0 heterocycles. The van der Waals surface area contributed by atoms with Crippen molar-refractivity contribution < 1.29 is 14.1 Å². The minimum Gasteiger partial charge on any atom is -0.307 e. The molecule has 0 atom stereocenters. The number of anilines is 2. The molecule has 0 aromatic heterocycles. The van der Waals surface area contributed by atoms with Crippen molar-refractivity contribution in [3.8, 4) is 0 Å². The molecule has 0 saturated carbocycles. The van der Waals surface area contributed by atoms with Crippen molar-refractivity contribution in [3.63, 3.8) is 0 Å². The number of carbonyl (C=O) groups excluding carboxylic acids is 1. The maximum Gasteiger partial charge on any atom is 0.323 e. The number of hydrogen-bond donors (Lipinski definition) is 2. The zero-order chi connectivity index (χ0) is 17.1. The highest BCUT2D eigenvalue weighted by Gasteiger charge is 2.17. The molecule has 3 aromatic rings. The monoisotopic (exact) mass is 325 g/mol. The molecule has 3 aromatic carbocycles. The van der Waals surface area contributed by atoms with Crippen molar-refractivity contribution in [2.24, 2.45) is 0 Å². The Balaban J connectivity index is 1.85. The highest BCUT2D eigenvalue weighted by Crippen LogP contribution is 2.26. The third-order valence-corrected chi connectivity index (χ3v) is 3.44. The van der Waals surface area contributed by atoms with Crippen LogP contribution in [0.5, 0.6) is 0 Å². The predicted molar refractivity (Wildman–Crippen MR) is 89.6 cm³/mol. The van der Waals surface area contributed by atoms with E-state index in [2.05, 4.69) is 10.6 Å². The van der Waals surface area contributed by atoms with Crippen LogP contribution in [-0.4, -0.2) is 11.0 Å². The third kappa shape index (κ3) is 3.14. The molecule has 2 N–H and O–H groups in total. The first kappa shape index (κ1) is 15.4. The van der Waals surface area contributed by atoms with Crippen molar-refractivity contribution in [2.75, 3.05) is 10.6 Å². The van der Waals surface area contributed by atoms with E-state index < -0.39 is 22.5 Å². The molecular weight excluding hydrogens is 313 g/mol. The number of amides is 2. The smallest absolute Gasteiger partial charge is 0.307 e. The third-order valence-electron chi connectivity index (χ3n) is 3.44. The summed E-state index contributed by atoms with van der Waals surface area (Å²) in [4.78, 5) is 22.3. The molecule has 0 spiro atoms. The van der Waals surface area contributed by atoms with Gasteiger partial charge in [0.2, 0.25) is 0 Å². The van der Waals surface area contributed by atoms with E-state index in [9.17, 15) is 19.3 Å². The topological polar surface area (TPSA) is 84.3 Å². The van der Waals surface area contributed by atoms with E-state index in [1.807, 2.05) is 30.3 Å². The Hall–Kier alpha value is -3.48. The standard InChI is InChI=1S/C17H12FN3O3/c18-12-8-9-15(16(10-12)21(23)24)20-17(22)19-14-7-3-5-11-4-1-2-6-13(11)14/h1-10H,(H2,19,20,22). The fraction of sp³-hybridized carbons (Fsp3) is 0. The van der Waals surface area contributed by atoms with Gasteiger partial charge in [-0.05, 0) is 23.6 Å². The number of halogens is 1. The van der Waals surface area contributed by atoms with Gasteiger partial charge in [-0.15, -0.1) is 0 Å². The highest BCUT2D eigenvalue weighted by atomic mass is 19.1. The first-order chi connectivity index (χ1) is 11.5. The van der Waals surface area contributed by atoms with Gasteiger partial charge in [0.05, 0.1) is 16.7 Å². The molecule has 0 fully saturated rings. The molecule has 6 nitrogen and oxygen atoms in total. The van der Waals surface area contributed by atoms with E-state index in [1.54, 1.807) is 12.1 Å². The van der Waals surface area contributed by atoms with E-state index >= 15 is 0 Å². The van der Waals surface area contributed by atoms with Crippen LogP contribution in [0.1, 0.15) is 0 Å². The number of rotatable bonds is 3. The Bertz CT molecular complexity index is 938. The van der Waals surface area contributed by atoms with Crippen LogP contribution in [0.25, 0.3) is 10.8 Å². The number of urea groups is 1. The highest BCUT2D eigenvalue weighted by molar-refractivity contribution is 6.06. The Labute approximate surface area is 136 Å². The quantitative estimate of drug-likeness (QED) is 0.548. The number of hydrogen-bond acceptors (Lipinski definition) is 3. The van der Waals surface area contributed by atoms with Gasteiger partial charge in [-0.25, -0.2) is 9.18 Å². The van der Waals surface area contributed by atoms with Gasteiger partial charge in [0.15, 0.2) is 0 Å². The second-order valence-corrected chi connectivity index (χ2v) is 5.02. The van der Waals surface area contributed by atoms with Crippen LogP contribution in [0.15, 0.2) is 60.7 Å². The molecule has 2 amide bonds. The van der Waals surface area contributed by atoms with Crippen molar-refractivity contribution in [2.45, 2.75) is 0 Å². The van der Waals surface area contributed by atoms with Gasteiger partial charge < -0.3 is 10.6 Å². The maximum atomic E-state index is 13.1. The van der Waals surface area contributed by atoms with Gasteiger partial charge in [-0.1, -0.05) is 36.4 Å². The molecule has 120 valence electrons. The van der Waals surface area contributed by atoms with Crippen LogP contribution >= 0.6 is 0 Å². The van der Waals surface area contributed by atoms with Gasteiger partial charge in [0, 0.05) is 5.39 Å². The van der Waals surface area contributed by atoms with E-state index in [0.29, 0.717) is 5.69 Å². The number of nitro groups is 1. The predicted octanol–water partition coefficient (Wildman–Crippen LogP) is 4.53. The van der Waals surface area contributed by atoms with Gasteiger partial charge in [0.25, 0.3) is 5.69 Å². The Morgan fingerprint density at radius 2 is 1.67 bits per heavy atom. The van der Waals surface area contributed by atoms with E-state index in [4.69, 9.17) is 0 Å². The van der Waals surface area contributed by atoms with Crippen LogP contribution in [0.2, 0.25) is 0 Å². The Morgan fingerprint density at radius 1 is 0.958 bits per heavy atom. The first-order valence-corrected chi connectivity index (χ1v) is 7.04. The van der Waals surface area contributed by atoms with Gasteiger partial charge >= 0.3 is 6.03 Å².